The molecular weight excluding hydrogens is 368 g/mol. The number of anilines is 1. The van der Waals surface area contributed by atoms with E-state index in [1.807, 2.05) is 18.2 Å². The zero-order valence-corrected chi connectivity index (χ0v) is 14.2. The zero-order chi connectivity index (χ0) is 15.9. The average molecular weight is 380 g/mol. The quantitative estimate of drug-likeness (QED) is 0.733. The number of pyridine rings is 1. The van der Waals surface area contributed by atoms with Gasteiger partial charge in [0.05, 0.1) is 21.9 Å². The van der Waals surface area contributed by atoms with Crippen LogP contribution in [0.4, 0.5) is 5.69 Å². The van der Waals surface area contributed by atoms with E-state index >= 15 is 0 Å². The number of nitrogens with zero attached hydrogens (tertiary/aromatic N) is 3. The Bertz CT molecular complexity index is 891. The highest BCUT2D eigenvalue weighted by molar-refractivity contribution is 9.10. The summed E-state index contributed by atoms with van der Waals surface area (Å²) in [5.74, 6) is -0.317. The van der Waals surface area contributed by atoms with Crippen LogP contribution in [-0.2, 0) is 7.05 Å². The molecule has 112 valence electrons. The van der Waals surface area contributed by atoms with Gasteiger partial charge in [0.25, 0.3) is 5.91 Å². The second-order valence-electron chi connectivity index (χ2n) is 4.82. The lowest BCUT2D eigenvalue weighted by atomic mass is 10.2. The van der Waals surface area contributed by atoms with Crippen molar-refractivity contribution >= 4 is 50.0 Å². The first-order valence-corrected chi connectivity index (χ1v) is 7.70. The Kier molecular flexibility index (Phi) is 3.88. The van der Waals surface area contributed by atoms with Crippen LogP contribution in [-0.4, -0.2) is 20.7 Å². The normalized spacial score (nSPS) is 10.9. The predicted molar refractivity (Wildman–Crippen MR) is 90.4 cm³/mol. The SMILES string of the molecule is Cc1nn(C)c(C(=O)Nc2ccc(Br)c3cccnc23)c1Cl. The number of hydrogen-bond donors (Lipinski definition) is 1. The Morgan fingerprint density at radius 2 is 2.14 bits per heavy atom. The Hall–Kier alpha value is -1.92. The maximum absolute atomic E-state index is 12.5. The highest BCUT2D eigenvalue weighted by Gasteiger charge is 2.19. The number of aromatic nitrogens is 3. The van der Waals surface area contributed by atoms with E-state index in [4.69, 9.17) is 11.6 Å². The fraction of sp³-hybridized carbons (Fsp3) is 0.133. The minimum atomic E-state index is -0.317. The summed E-state index contributed by atoms with van der Waals surface area (Å²) >= 11 is 9.63. The fourth-order valence-corrected chi connectivity index (χ4v) is 3.00. The average Bonchev–Trinajstić information content (AvgIpc) is 2.75. The molecule has 22 heavy (non-hydrogen) atoms. The molecule has 0 saturated carbocycles. The molecule has 1 amide bonds. The molecule has 1 aromatic carbocycles. The number of amides is 1. The van der Waals surface area contributed by atoms with Crippen molar-refractivity contribution in [1.29, 1.82) is 0 Å². The van der Waals surface area contributed by atoms with E-state index in [9.17, 15) is 4.79 Å². The molecule has 7 heteroatoms. The molecule has 0 spiro atoms. The third-order valence-electron chi connectivity index (χ3n) is 3.33. The lowest BCUT2D eigenvalue weighted by Crippen LogP contribution is -2.17. The summed E-state index contributed by atoms with van der Waals surface area (Å²) in [7, 11) is 1.69. The minimum absolute atomic E-state index is 0.317. The standard InChI is InChI=1S/C15H12BrClN4O/c1-8-12(17)14(21(2)20-8)15(22)19-11-6-5-10(16)9-4-3-7-18-13(9)11/h3-7H,1-2H3,(H,19,22). The Morgan fingerprint density at radius 3 is 2.82 bits per heavy atom. The highest BCUT2D eigenvalue weighted by atomic mass is 79.9. The molecule has 0 saturated heterocycles. The van der Waals surface area contributed by atoms with Crippen LogP contribution in [0.15, 0.2) is 34.9 Å². The monoisotopic (exact) mass is 378 g/mol. The molecule has 0 unspecified atom stereocenters. The molecule has 0 bridgehead atoms. The molecule has 0 radical (unpaired) electrons. The number of fused-ring (bicyclic) bond motifs is 1. The Morgan fingerprint density at radius 1 is 1.36 bits per heavy atom. The van der Waals surface area contributed by atoms with Gasteiger partial charge in [-0.3, -0.25) is 14.5 Å². The number of carbonyl (C=O) groups is 1. The number of nitrogens with one attached hydrogen (secondary N) is 1. The maximum Gasteiger partial charge on any atom is 0.275 e. The van der Waals surface area contributed by atoms with Crippen molar-refractivity contribution in [3.8, 4) is 0 Å². The molecule has 0 atom stereocenters. The third kappa shape index (κ3) is 2.48. The van der Waals surface area contributed by atoms with E-state index < -0.39 is 0 Å². The summed E-state index contributed by atoms with van der Waals surface area (Å²) in [6.07, 6.45) is 1.69. The van der Waals surface area contributed by atoms with Crippen LogP contribution in [0.1, 0.15) is 16.2 Å². The summed E-state index contributed by atoms with van der Waals surface area (Å²) in [6, 6.07) is 7.45. The van der Waals surface area contributed by atoms with E-state index in [1.165, 1.54) is 4.68 Å². The van der Waals surface area contributed by atoms with E-state index in [1.54, 1.807) is 26.2 Å². The number of halogens is 2. The zero-order valence-electron chi connectivity index (χ0n) is 11.9. The third-order valence-corrected chi connectivity index (χ3v) is 4.47. The van der Waals surface area contributed by atoms with Gasteiger partial charge in [-0.1, -0.05) is 33.6 Å². The lowest BCUT2D eigenvalue weighted by molar-refractivity contribution is 0.101. The van der Waals surface area contributed by atoms with Gasteiger partial charge in [-0.2, -0.15) is 5.10 Å². The first kappa shape index (κ1) is 15.0. The predicted octanol–water partition coefficient (Wildman–Crippen LogP) is 3.94. The number of carbonyl (C=O) groups excluding carboxylic acids is 1. The van der Waals surface area contributed by atoms with Crippen LogP contribution < -0.4 is 5.32 Å². The van der Waals surface area contributed by atoms with E-state index in [0.717, 1.165) is 9.86 Å². The summed E-state index contributed by atoms with van der Waals surface area (Å²) in [5.41, 5.74) is 2.28. The first-order chi connectivity index (χ1) is 10.5. The number of rotatable bonds is 2. The molecule has 0 fully saturated rings. The van der Waals surface area contributed by atoms with Gasteiger partial charge in [-0.15, -0.1) is 0 Å². The molecule has 3 rings (SSSR count). The molecule has 1 N–H and O–H groups in total. The van der Waals surface area contributed by atoms with Crippen LogP contribution in [0.25, 0.3) is 10.9 Å². The summed E-state index contributed by atoms with van der Waals surface area (Å²) < 4.78 is 2.39. The number of benzene rings is 1. The van der Waals surface area contributed by atoms with E-state index in [0.29, 0.717) is 27.6 Å². The van der Waals surface area contributed by atoms with Crippen LogP contribution in [0.2, 0.25) is 5.02 Å². The maximum atomic E-state index is 12.5. The van der Waals surface area contributed by atoms with Crippen molar-refractivity contribution in [2.24, 2.45) is 7.05 Å². The molecule has 3 aromatic rings. The largest absolute Gasteiger partial charge is 0.319 e. The molecule has 5 nitrogen and oxygen atoms in total. The van der Waals surface area contributed by atoms with Gasteiger partial charge in [-0.05, 0) is 25.1 Å². The highest BCUT2D eigenvalue weighted by Crippen LogP contribution is 2.29. The number of hydrogen-bond acceptors (Lipinski definition) is 3. The first-order valence-electron chi connectivity index (χ1n) is 6.52. The second-order valence-corrected chi connectivity index (χ2v) is 6.05. The Labute approximate surface area is 140 Å². The van der Waals surface area contributed by atoms with Gasteiger partial charge in [-0.25, -0.2) is 0 Å². The topological polar surface area (TPSA) is 59.8 Å². The second kappa shape index (κ2) is 5.70. The van der Waals surface area contributed by atoms with Crippen molar-refractivity contribution in [3.05, 3.63) is 51.3 Å². The van der Waals surface area contributed by atoms with Crippen LogP contribution in [0, 0.1) is 6.92 Å². The molecule has 2 heterocycles. The van der Waals surface area contributed by atoms with Gasteiger partial charge in [0.1, 0.15) is 5.69 Å². The molecule has 0 aliphatic heterocycles. The number of aryl methyl sites for hydroxylation is 2. The van der Waals surface area contributed by atoms with Crippen molar-refractivity contribution in [1.82, 2.24) is 14.8 Å². The molecule has 0 aliphatic rings. The fourth-order valence-electron chi connectivity index (χ4n) is 2.30. The van der Waals surface area contributed by atoms with Gasteiger partial charge < -0.3 is 5.32 Å². The van der Waals surface area contributed by atoms with Crippen molar-refractivity contribution in [2.75, 3.05) is 5.32 Å². The van der Waals surface area contributed by atoms with Crippen molar-refractivity contribution in [2.45, 2.75) is 6.92 Å². The molecular formula is C15H12BrClN4O. The molecule has 2 aromatic heterocycles. The van der Waals surface area contributed by atoms with Crippen molar-refractivity contribution < 1.29 is 4.79 Å². The van der Waals surface area contributed by atoms with Gasteiger partial charge in [0.2, 0.25) is 0 Å². The van der Waals surface area contributed by atoms with Gasteiger partial charge in [0, 0.05) is 23.1 Å². The summed E-state index contributed by atoms with van der Waals surface area (Å²) in [4.78, 5) is 16.8. The smallest absolute Gasteiger partial charge is 0.275 e. The van der Waals surface area contributed by atoms with E-state index in [-0.39, 0.29) is 5.91 Å². The van der Waals surface area contributed by atoms with Gasteiger partial charge in [0.15, 0.2) is 0 Å². The van der Waals surface area contributed by atoms with Crippen LogP contribution >= 0.6 is 27.5 Å². The van der Waals surface area contributed by atoms with Gasteiger partial charge >= 0.3 is 0 Å². The van der Waals surface area contributed by atoms with Crippen LogP contribution in [0.3, 0.4) is 0 Å². The minimum Gasteiger partial charge on any atom is -0.319 e. The summed E-state index contributed by atoms with van der Waals surface area (Å²) in [6.45, 7) is 1.76. The lowest BCUT2D eigenvalue weighted by Gasteiger charge is -2.09. The van der Waals surface area contributed by atoms with E-state index in [2.05, 4.69) is 31.3 Å². The summed E-state index contributed by atoms with van der Waals surface area (Å²) in [5, 5.41) is 8.29. The van der Waals surface area contributed by atoms with Crippen molar-refractivity contribution in [3.63, 3.8) is 0 Å². The molecule has 0 aliphatic carbocycles. The Balaban J connectivity index is 2.04. The van der Waals surface area contributed by atoms with Crippen LogP contribution in [0.5, 0.6) is 0 Å².